The van der Waals surface area contributed by atoms with E-state index >= 15 is 0 Å². The third kappa shape index (κ3) is 3.40. The number of anilines is 1. The molecule has 0 spiro atoms. The molecule has 5 rings (SSSR count). The third-order valence-corrected chi connectivity index (χ3v) is 7.43. The number of rotatable bonds is 6. The van der Waals surface area contributed by atoms with Crippen molar-refractivity contribution in [2.75, 3.05) is 38.1 Å². The molecule has 4 aliphatic rings. The van der Waals surface area contributed by atoms with Gasteiger partial charge in [-0.15, -0.1) is 0 Å². The Bertz CT molecular complexity index is 912. The average Bonchev–Trinajstić information content (AvgIpc) is 3.55. The van der Waals surface area contributed by atoms with Crippen molar-refractivity contribution in [3.63, 3.8) is 0 Å². The number of nitrogens with one attached hydrogen (secondary N) is 2. The van der Waals surface area contributed by atoms with Gasteiger partial charge in [0.25, 0.3) is 0 Å². The predicted octanol–water partition coefficient (Wildman–Crippen LogP) is 1.41. The molecule has 31 heavy (non-hydrogen) atoms. The van der Waals surface area contributed by atoms with Gasteiger partial charge in [0.2, 0.25) is 11.8 Å². The first-order valence-corrected chi connectivity index (χ1v) is 11.4. The van der Waals surface area contributed by atoms with Crippen LogP contribution in [0.15, 0.2) is 41.4 Å². The summed E-state index contributed by atoms with van der Waals surface area (Å²) in [5.74, 6) is 0.997. The first kappa shape index (κ1) is 20.1. The second-order valence-corrected chi connectivity index (χ2v) is 9.13. The maximum Gasteiger partial charge on any atom is 0.233 e. The number of carbonyl (C=O) groups excluding carboxylic acids is 2. The summed E-state index contributed by atoms with van der Waals surface area (Å²) in [4.78, 5) is 33.8. The Hall–Kier alpha value is -2.83. The van der Waals surface area contributed by atoms with E-state index in [-0.39, 0.29) is 35.5 Å². The van der Waals surface area contributed by atoms with Crippen molar-refractivity contribution in [2.24, 2.45) is 28.7 Å². The van der Waals surface area contributed by atoms with Crippen LogP contribution in [0.5, 0.6) is 0 Å². The number of imide groups is 1. The van der Waals surface area contributed by atoms with E-state index in [2.05, 4.69) is 63.9 Å². The lowest BCUT2D eigenvalue weighted by Gasteiger charge is -2.28. The van der Waals surface area contributed by atoms with E-state index in [0.29, 0.717) is 25.1 Å². The molecule has 2 amide bonds. The zero-order valence-corrected chi connectivity index (χ0v) is 18.3. The van der Waals surface area contributed by atoms with Gasteiger partial charge in [-0.3, -0.25) is 19.5 Å². The molecule has 2 aliphatic heterocycles. The number of guanidine groups is 1. The van der Waals surface area contributed by atoms with Gasteiger partial charge in [0, 0.05) is 45.0 Å². The number of hydrogen-bond acceptors (Lipinski definition) is 4. The molecule has 5 atom stereocenters. The Kier molecular flexibility index (Phi) is 5.20. The number of para-hydroxylation sites is 1. The van der Waals surface area contributed by atoms with Crippen LogP contribution in [-0.4, -0.2) is 61.9 Å². The van der Waals surface area contributed by atoms with Gasteiger partial charge < -0.3 is 15.5 Å². The normalized spacial score (nSPS) is 29.5. The highest BCUT2D eigenvalue weighted by Crippen LogP contribution is 2.52. The van der Waals surface area contributed by atoms with Crippen molar-refractivity contribution in [3.8, 4) is 0 Å². The number of hydrogen-bond donors (Lipinski definition) is 2. The van der Waals surface area contributed by atoms with E-state index < -0.39 is 0 Å². The summed E-state index contributed by atoms with van der Waals surface area (Å²) in [6, 6.07) is 8.90. The van der Waals surface area contributed by atoms with E-state index in [4.69, 9.17) is 0 Å². The van der Waals surface area contributed by atoms with Gasteiger partial charge in [-0.2, -0.15) is 0 Å². The van der Waals surface area contributed by atoms with Gasteiger partial charge in [0.05, 0.1) is 11.8 Å². The number of amides is 2. The fourth-order valence-corrected chi connectivity index (χ4v) is 5.87. The predicted molar refractivity (Wildman–Crippen MR) is 121 cm³/mol. The number of fused-ring (bicyclic) bond motifs is 6. The van der Waals surface area contributed by atoms with E-state index in [1.54, 1.807) is 7.05 Å². The van der Waals surface area contributed by atoms with E-state index in [1.807, 2.05) is 0 Å². The average molecular weight is 422 g/mol. The molecule has 1 saturated carbocycles. The third-order valence-electron chi connectivity index (χ3n) is 7.43. The fourth-order valence-electron chi connectivity index (χ4n) is 5.87. The van der Waals surface area contributed by atoms with Crippen LogP contribution < -0.4 is 15.5 Å². The maximum absolute atomic E-state index is 12.8. The van der Waals surface area contributed by atoms with Gasteiger partial charge in [-0.05, 0) is 43.2 Å². The molecule has 1 aromatic rings. The summed E-state index contributed by atoms with van der Waals surface area (Å²) in [5, 5.41) is 6.65. The molecular weight excluding hydrogens is 390 g/mol. The van der Waals surface area contributed by atoms with Crippen molar-refractivity contribution in [3.05, 3.63) is 42.0 Å². The zero-order valence-electron chi connectivity index (χ0n) is 18.3. The lowest BCUT2D eigenvalue weighted by atomic mass is 9.85. The standard InChI is InChI=1S/C24H31N5O2/c1-15(28-11-9-16-5-3-4-6-19(16)28)14-27-24(25-2)26-10-12-29-22(30)20-17-7-8-18(13-17)21(20)23(29)31/h3-8,15,17-18,20-21H,9-14H2,1-2H3,(H2,25,26,27). The lowest BCUT2D eigenvalue weighted by molar-refractivity contribution is -0.140. The van der Waals surface area contributed by atoms with Crippen LogP contribution in [0.2, 0.25) is 0 Å². The summed E-state index contributed by atoms with van der Waals surface area (Å²) >= 11 is 0. The summed E-state index contributed by atoms with van der Waals surface area (Å²) in [7, 11) is 1.74. The highest BCUT2D eigenvalue weighted by molar-refractivity contribution is 6.06. The van der Waals surface area contributed by atoms with Crippen molar-refractivity contribution in [1.29, 1.82) is 0 Å². The first-order chi connectivity index (χ1) is 15.1. The van der Waals surface area contributed by atoms with Gasteiger partial charge >= 0.3 is 0 Å². The smallest absolute Gasteiger partial charge is 0.233 e. The molecule has 2 fully saturated rings. The van der Waals surface area contributed by atoms with E-state index in [9.17, 15) is 9.59 Å². The Morgan fingerprint density at radius 1 is 1.13 bits per heavy atom. The Labute approximate surface area is 183 Å². The van der Waals surface area contributed by atoms with Crippen LogP contribution in [0.1, 0.15) is 18.9 Å². The van der Waals surface area contributed by atoms with Crippen molar-refractivity contribution < 1.29 is 9.59 Å². The summed E-state index contributed by atoms with van der Waals surface area (Å²) in [5.41, 5.74) is 2.73. The summed E-state index contributed by atoms with van der Waals surface area (Å²) in [6.07, 6.45) is 6.31. The van der Waals surface area contributed by atoms with Gasteiger partial charge in [-0.1, -0.05) is 30.4 Å². The number of aliphatic imine (C=N–C) groups is 1. The Morgan fingerprint density at radius 2 is 1.84 bits per heavy atom. The molecule has 5 unspecified atom stereocenters. The van der Waals surface area contributed by atoms with Crippen LogP contribution >= 0.6 is 0 Å². The number of carbonyl (C=O) groups is 2. The van der Waals surface area contributed by atoms with Gasteiger partial charge in [0.1, 0.15) is 0 Å². The molecule has 7 nitrogen and oxygen atoms in total. The molecule has 2 aliphatic carbocycles. The molecule has 7 heteroatoms. The van der Waals surface area contributed by atoms with Crippen LogP contribution in [0.3, 0.4) is 0 Å². The molecule has 0 radical (unpaired) electrons. The number of allylic oxidation sites excluding steroid dienone is 2. The van der Waals surface area contributed by atoms with Crippen LogP contribution in [-0.2, 0) is 16.0 Å². The Balaban J connectivity index is 1.10. The van der Waals surface area contributed by atoms with Crippen molar-refractivity contribution in [2.45, 2.75) is 25.8 Å². The minimum atomic E-state index is -0.121. The summed E-state index contributed by atoms with van der Waals surface area (Å²) < 4.78 is 0. The number of nitrogens with zero attached hydrogens (tertiary/aromatic N) is 3. The second-order valence-electron chi connectivity index (χ2n) is 9.13. The molecule has 2 heterocycles. The highest BCUT2D eigenvalue weighted by Gasteiger charge is 2.58. The minimum absolute atomic E-state index is 0.0120. The topological polar surface area (TPSA) is 77.0 Å². The largest absolute Gasteiger partial charge is 0.366 e. The molecule has 2 N–H and O–H groups in total. The zero-order chi connectivity index (χ0) is 21.5. The molecular formula is C24H31N5O2. The van der Waals surface area contributed by atoms with Crippen LogP contribution in [0, 0.1) is 23.7 Å². The van der Waals surface area contributed by atoms with E-state index in [0.717, 1.165) is 25.9 Å². The van der Waals surface area contributed by atoms with E-state index in [1.165, 1.54) is 16.2 Å². The molecule has 164 valence electrons. The number of likely N-dealkylation sites (tertiary alicyclic amines) is 1. The van der Waals surface area contributed by atoms with Crippen LogP contribution in [0.4, 0.5) is 5.69 Å². The summed E-state index contributed by atoms with van der Waals surface area (Å²) in [6.45, 7) is 4.90. The Morgan fingerprint density at radius 3 is 2.55 bits per heavy atom. The minimum Gasteiger partial charge on any atom is -0.366 e. The van der Waals surface area contributed by atoms with Gasteiger partial charge in [0.15, 0.2) is 5.96 Å². The molecule has 0 aromatic heterocycles. The second kappa shape index (κ2) is 8.02. The quantitative estimate of drug-likeness (QED) is 0.314. The molecule has 1 saturated heterocycles. The first-order valence-electron chi connectivity index (χ1n) is 11.4. The van der Waals surface area contributed by atoms with Crippen molar-refractivity contribution >= 4 is 23.5 Å². The van der Waals surface area contributed by atoms with Crippen molar-refractivity contribution in [1.82, 2.24) is 15.5 Å². The SMILES string of the molecule is CN=C(NCCN1C(=O)C2C3C=CC(C3)C2C1=O)NCC(C)N1CCc2ccccc21. The molecule has 2 bridgehead atoms. The monoisotopic (exact) mass is 421 g/mol. The molecule has 1 aromatic carbocycles. The van der Waals surface area contributed by atoms with Crippen LogP contribution in [0.25, 0.3) is 0 Å². The van der Waals surface area contributed by atoms with Gasteiger partial charge in [-0.25, -0.2) is 0 Å². The number of benzene rings is 1. The maximum atomic E-state index is 12.8. The highest BCUT2D eigenvalue weighted by atomic mass is 16.2. The fraction of sp³-hybridized carbons (Fsp3) is 0.542. The lowest BCUT2D eigenvalue weighted by Crippen LogP contribution is -2.47.